The van der Waals surface area contributed by atoms with Crippen LogP contribution in [-0.2, 0) is 10.0 Å². The molecule has 1 aromatic heterocycles. The van der Waals surface area contributed by atoms with Crippen LogP contribution in [-0.4, -0.2) is 60.1 Å². The molecule has 1 aliphatic rings. The number of sulfonamides is 1. The van der Waals surface area contributed by atoms with Gasteiger partial charge in [-0.2, -0.15) is 0 Å². The molecule has 0 bridgehead atoms. The first-order valence-corrected chi connectivity index (χ1v) is 11.9. The predicted octanol–water partition coefficient (Wildman–Crippen LogP) is 4.21. The Morgan fingerprint density at radius 3 is 2.55 bits per heavy atom. The highest BCUT2D eigenvalue weighted by Gasteiger charge is 2.32. The van der Waals surface area contributed by atoms with Gasteiger partial charge in [0.05, 0.1) is 27.9 Å². The second-order valence-corrected chi connectivity index (χ2v) is 10.7. The molecule has 0 unspecified atom stereocenters. The molecule has 2 amide bonds. The van der Waals surface area contributed by atoms with Crippen LogP contribution in [0, 0.1) is 5.82 Å². The molecule has 1 saturated heterocycles. The number of carbonyl (C=O) groups is 1. The van der Waals surface area contributed by atoms with Crippen LogP contribution in [0.15, 0.2) is 36.5 Å². The Balaban J connectivity index is 1.62. The molecule has 1 aliphatic heterocycles. The molecular formula is C21H26ClFN4O3S. The summed E-state index contributed by atoms with van der Waals surface area (Å²) in [4.78, 5) is 18.5. The molecule has 0 spiro atoms. The monoisotopic (exact) mass is 468 g/mol. The van der Waals surface area contributed by atoms with Crippen molar-refractivity contribution in [2.75, 3.05) is 25.5 Å². The lowest BCUT2D eigenvalue weighted by Crippen LogP contribution is -2.49. The fourth-order valence-electron chi connectivity index (χ4n) is 3.51. The number of hydrogen-bond acceptors (Lipinski definition) is 4. The largest absolute Gasteiger partial charge is 0.325 e. The molecule has 2 aromatic rings. The van der Waals surface area contributed by atoms with E-state index < -0.39 is 15.3 Å². The molecule has 0 aliphatic carbocycles. The quantitative estimate of drug-likeness (QED) is 0.712. The highest BCUT2D eigenvalue weighted by atomic mass is 35.5. The Hall–Kier alpha value is -2.23. The van der Waals surface area contributed by atoms with Crippen molar-refractivity contribution in [1.82, 2.24) is 14.2 Å². The van der Waals surface area contributed by atoms with E-state index in [1.54, 1.807) is 44.0 Å². The second kappa shape index (κ2) is 9.50. The Morgan fingerprint density at radius 1 is 1.29 bits per heavy atom. The van der Waals surface area contributed by atoms with E-state index in [1.807, 2.05) is 0 Å². The zero-order valence-corrected chi connectivity index (χ0v) is 19.3. The standard InChI is InChI=1S/C21H26ClFN4O3S/c1-14(2)31(29,30)27-9-7-18(8-10-27)26(3)21(28)25-17-12-19(22)20(24-13-17)15-5-4-6-16(23)11-15/h4-6,11-14,18H,7-10H2,1-3H3,(H,25,28). The van der Waals surface area contributed by atoms with Gasteiger partial charge in [0.1, 0.15) is 5.82 Å². The highest BCUT2D eigenvalue weighted by molar-refractivity contribution is 7.89. The normalized spacial score (nSPS) is 15.8. The summed E-state index contributed by atoms with van der Waals surface area (Å²) >= 11 is 6.30. The van der Waals surface area contributed by atoms with Crippen LogP contribution in [0.3, 0.4) is 0 Å². The maximum atomic E-state index is 13.5. The summed E-state index contributed by atoms with van der Waals surface area (Å²) in [6, 6.07) is 7.12. The van der Waals surface area contributed by atoms with Crippen molar-refractivity contribution in [3.63, 3.8) is 0 Å². The Bertz CT molecular complexity index is 1060. The molecule has 0 radical (unpaired) electrons. The number of hydrogen-bond donors (Lipinski definition) is 1. The summed E-state index contributed by atoms with van der Waals surface area (Å²) in [5.41, 5.74) is 1.39. The van der Waals surface area contributed by atoms with Gasteiger partial charge in [-0.15, -0.1) is 0 Å². The molecule has 7 nitrogen and oxygen atoms in total. The Labute approximate surface area is 187 Å². The van der Waals surface area contributed by atoms with Gasteiger partial charge in [0.2, 0.25) is 10.0 Å². The number of carbonyl (C=O) groups excluding carboxylic acids is 1. The molecule has 10 heteroatoms. The van der Waals surface area contributed by atoms with E-state index in [2.05, 4.69) is 10.3 Å². The van der Waals surface area contributed by atoms with Crippen molar-refractivity contribution in [2.24, 2.45) is 0 Å². The molecule has 2 heterocycles. The Kier molecular flexibility index (Phi) is 7.18. The van der Waals surface area contributed by atoms with Gasteiger partial charge in [-0.3, -0.25) is 4.98 Å². The third kappa shape index (κ3) is 5.34. The maximum Gasteiger partial charge on any atom is 0.321 e. The van der Waals surface area contributed by atoms with Gasteiger partial charge < -0.3 is 10.2 Å². The molecule has 168 valence electrons. The number of benzene rings is 1. The summed E-state index contributed by atoms with van der Waals surface area (Å²) in [7, 11) is -1.60. The van der Waals surface area contributed by atoms with E-state index in [-0.39, 0.29) is 17.9 Å². The molecule has 1 fully saturated rings. The number of nitrogens with zero attached hydrogens (tertiary/aromatic N) is 3. The molecule has 0 saturated carbocycles. The van der Waals surface area contributed by atoms with Gasteiger partial charge in [-0.25, -0.2) is 21.9 Å². The van der Waals surface area contributed by atoms with Crippen molar-refractivity contribution >= 4 is 33.3 Å². The van der Waals surface area contributed by atoms with Crippen LogP contribution < -0.4 is 5.32 Å². The molecular weight excluding hydrogens is 443 g/mol. The first-order chi connectivity index (χ1) is 14.6. The minimum Gasteiger partial charge on any atom is -0.325 e. The van der Waals surface area contributed by atoms with Crippen LogP contribution >= 0.6 is 11.6 Å². The SMILES string of the molecule is CC(C)S(=O)(=O)N1CCC(N(C)C(=O)Nc2cnc(-c3cccc(F)c3)c(Cl)c2)CC1. The number of amides is 2. The van der Waals surface area contributed by atoms with Gasteiger partial charge >= 0.3 is 6.03 Å². The van der Waals surface area contributed by atoms with Crippen molar-refractivity contribution in [3.8, 4) is 11.3 Å². The van der Waals surface area contributed by atoms with Crippen molar-refractivity contribution in [2.45, 2.75) is 38.0 Å². The number of halogens is 2. The smallest absolute Gasteiger partial charge is 0.321 e. The van der Waals surface area contributed by atoms with E-state index >= 15 is 0 Å². The van der Waals surface area contributed by atoms with Gasteiger partial charge in [-0.05, 0) is 44.9 Å². The number of anilines is 1. The summed E-state index contributed by atoms with van der Waals surface area (Å²) in [6.45, 7) is 4.11. The van der Waals surface area contributed by atoms with Crippen molar-refractivity contribution < 1.29 is 17.6 Å². The predicted molar refractivity (Wildman–Crippen MR) is 120 cm³/mol. The third-order valence-electron chi connectivity index (χ3n) is 5.44. The van der Waals surface area contributed by atoms with E-state index in [1.165, 1.54) is 22.6 Å². The molecule has 3 rings (SSSR count). The van der Waals surface area contributed by atoms with Gasteiger partial charge in [0, 0.05) is 31.7 Å². The van der Waals surface area contributed by atoms with Crippen molar-refractivity contribution in [3.05, 3.63) is 47.4 Å². The molecule has 1 aromatic carbocycles. The second-order valence-electron chi connectivity index (χ2n) is 7.83. The summed E-state index contributed by atoms with van der Waals surface area (Å²) in [5.74, 6) is -0.387. The lowest BCUT2D eigenvalue weighted by molar-refractivity contribution is 0.173. The molecule has 0 atom stereocenters. The lowest BCUT2D eigenvalue weighted by atomic mass is 10.1. The van der Waals surface area contributed by atoms with Crippen LogP contribution in [0.25, 0.3) is 11.3 Å². The summed E-state index contributed by atoms with van der Waals surface area (Å²) < 4.78 is 39.6. The zero-order valence-electron chi connectivity index (χ0n) is 17.7. The fourth-order valence-corrected chi connectivity index (χ4v) is 5.11. The number of pyridine rings is 1. The van der Waals surface area contributed by atoms with Gasteiger partial charge in [0.25, 0.3) is 0 Å². The summed E-state index contributed by atoms with van der Waals surface area (Å²) in [5, 5.41) is 2.59. The fraction of sp³-hybridized carbons (Fsp3) is 0.429. The Morgan fingerprint density at radius 2 is 1.97 bits per heavy atom. The number of urea groups is 1. The third-order valence-corrected chi connectivity index (χ3v) is 8.00. The highest BCUT2D eigenvalue weighted by Crippen LogP contribution is 2.28. The van der Waals surface area contributed by atoms with E-state index in [0.717, 1.165) is 0 Å². The van der Waals surface area contributed by atoms with Crippen LogP contribution in [0.1, 0.15) is 26.7 Å². The average molecular weight is 469 g/mol. The number of rotatable bonds is 5. The van der Waals surface area contributed by atoms with Gasteiger partial charge in [0.15, 0.2) is 0 Å². The van der Waals surface area contributed by atoms with E-state index in [0.29, 0.717) is 47.9 Å². The maximum absolute atomic E-state index is 13.5. The van der Waals surface area contributed by atoms with Crippen LogP contribution in [0.5, 0.6) is 0 Å². The topological polar surface area (TPSA) is 82.6 Å². The lowest BCUT2D eigenvalue weighted by Gasteiger charge is -2.36. The number of piperidine rings is 1. The first kappa shape index (κ1) is 23.4. The number of nitrogens with one attached hydrogen (secondary N) is 1. The average Bonchev–Trinajstić information content (AvgIpc) is 2.73. The van der Waals surface area contributed by atoms with Crippen LogP contribution in [0.4, 0.5) is 14.9 Å². The van der Waals surface area contributed by atoms with E-state index in [4.69, 9.17) is 11.6 Å². The van der Waals surface area contributed by atoms with E-state index in [9.17, 15) is 17.6 Å². The number of aromatic nitrogens is 1. The minimum absolute atomic E-state index is 0.0754. The first-order valence-electron chi connectivity index (χ1n) is 10.0. The van der Waals surface area contributed by atoms with Gasteiger partial charge in [-0.1, -0.05) is 23.7 Å². The molecule has 31 heavy (non-hydrogen) atoms. The van der Waals surface area contributed by atoms with Crippen molar-refractivity contribution in [1.29, 1.82) is 0 Å². The summed E-state index contributed by atoms with van der Waals surface area (Å²) in [6.07, 6.45) is 2.59. The zero-order chi connectivity index (χ0) is 22.8. The van der Waals surface area contributed by atoms with Crippen LogP contribution in [0.2, 0.25) is 5.02 Å². The minimum atomic E-state index is -3.28. The molecule has 1 N–H and O–H groups in total.